The second-order valence-corrected chi connectivity index (χ2v) is 8.41. The van der Waals surface area contributed by atoms with Crippen molar-refractivity contribution < 1.29 is 14.3 Å². The maximum atomic E-state index is 12.6. The van der Waals surface area contributed by atoms with Gasteiger partial charge in [0.2, 0.25) is 5.91 Å². The Morgan fingerprint density at radius 2 is 2.10 bits per heavy atom. The first-order valence-corrected chi connectivity index (χ1v) is 10.5. The minimum Gasteiger partial charge on any atom is -0.375 e. The highest BCUT2D eigenvalue weighted by Crippen LogP contribution is 2.40. The number of aromatic nitrogens is 3. The van der Waals surface area contributed by atoms with Crippen molar-refractivity contribution in [3.05, 3.63) is 28.7 Å². The summed E-state index contributed by atoms with van der Waals surface area (Å²) in [5.74, 6) is -0.489. The second-order valence-electron chi connectivity index (χ2n) is 8.41. The van der Waals surface area contributed by atoms with Gasteiger partial charge in [-0.15, -0.1) is 0 Å². The number of nitrogens with one attached hydrogen (secondary N) is 1. The number of carbonyl (C=O) groups excluding carboxylic acids is 2. The standard InChI is InChI=1S/C21H29N5O3/c1-13-16(14(2)26-20(24-13)17(12-23-26)19(22)28)5-6-18(27)25-15-7-10-29-21(11-15)8-3-4-9-21/h12,15H,3-11H2,1-2H3,(H2,22,28)(H,25,27). The van der Waals surface area contributed by atoms with Gasteiger partial charge < -0.3 is 15.8 Å². The number of hydrogen-bond donors (Lipinski definition) is 2. The molecule has 0 radical (unpaired) electrons. The number of aryl methyl sites for hydroxylation is 2. The Kier molecular flexibility index (Phi) is 5.29. The molecule has 1 saturated heterocycles. The van der Waals surface area contributed by atoms with Crippen molar-refractivity contribution >= 4 is 17.5 Å². The molecule has 1 aliphatic heterocycles. The second kappa shape index (κ2) is 7.74. The zero-order valence-corrected chi connectivity index (χ0v) is 17.2. The van der Waals surface area contributed by atoms with Gasteiger partial charge in [0, 0.05) is 30.5 Å². The lowest BCUT2D eigenvalue weighted by Crippen LogP contribution is -2.47. The van der Waals surface area contributed by atoms with E-state index in [0.717, 1.165) is 49.2 Å². The summed E-state index contributed by atoms with van der Waals surface area (Å²) < 4.78 is 7.68. The van der Waals surface area contributed by atoms with Gasteiger partial charge in [0.1, 0.15) is 5.56 Å². The van der Waals surface area contributed by atoms with Gasteiger partial charge in [0.15, 0.2) is 5.65 Å². The minimum atomic E-state index is -0.546. The smallest absolute Gasteiger partial charge is 0.254 e. The number of amides is 2. The molecule has 4 rings (SSSR count). The van der Waals surface area contributed by atoms with E-state index in [2.05, 4.69) is 15.4 Å². The van der Waals surface area contributed by atoms with Crippen LogP contribution in [-0.4, -0.2) is 44.7 Å². The molecule has 2 aromatic rings. The van der Waals surface area contributed by atoms with Crippen molar-refractivity contribution in [1.29, 1.82) is 0 Å². The van der Waals surface area contributed by atoms with Crippen LogP contribution in [0.15, 0.2) is 6.20 Å². The van der Waals surface area contributed by atoms with Gasteiger partial charge in [-0.2, -0.15) is 5.10 Å². The van der Waals surface area contributed by atoms with Crippen LogP contribution >= 0.6 is 0 Å². The summed E-state index contributed by atoms with van der Waals surface area (Å²) in [5.41, 5.74) is 8.81. The van der Waals surface area contributed by atoms with E-state index < -0.39 is 5.91 Å². The fraction of sp³-hybridized carbons (Fsp3) is 0.619. The topological polar surface area (TPSA) is 112 Å². The van der Waals surface area contributed by atoms with Crippen LogP contribution in [-0.2, 0) is 16.0 Å². The molecule has 8 nitrogen and oxygen atoms in total. The van der Waals surface area contributed by atoms with Crippen LogP contribution in [0.4, 0.5) is 0 Å². The predicted molar refractivity (Wildman–Crippen MR) is 108 cm³/mol. The molecule has 0 aromatic carbocycles. The SMILES string of the molecule is Cc1nc2c(C(N)=O)cnn2c(C)c1CCC(=O)NC1CCOC2(CCCC2)C1. The van der Waals surface area contributed by atoms with Crippen LogP contribution in [0.2, 0.25) is 0 Å². The van der Waals surface area contributed by atoms with Crippen LogP contribution in [0.5, 0.6) is 0 Å². The van der Waals surface area contributed by atoms with Crippen molar-refractivity contribution in [1.82, 2.24) is 19.9 Å². The molecule has 1 saturated carbocycles. The molecular formula is C21H29N5O3. The highest BCUT2D eigenvalue weighted by molar-refractivity contribution is 5.98. The molecule has 2 amide bonds. The number of carbonyl (C=O) groups is 2. The van der Waals surface area contributed by atoms with Gasteiger partial charge in [0.25, 0.3) is 5.91 Å². The van der Waals surface area contributed by atoms with Crippen molar-refractivity contribution in [3.8, 4) is 0 Å². The van der Waals surface area contributed by atoms with Crippen molar-refractivity contribution in [2.75, 3.05) is 6.61 Å². The Morgan fingerprint density at radius 1 is 1.34 bits per heavy atom. The molecule has 0 bridgehead atoms. The molecule has 29 heavy (non-hydrogen) atoms. The summed E-state index contributed by atoms with van der Waals surface area (Å²) >= 11 is 0. The summed E-state index contributed by atoms with van der Waals surface area (Å²) in [4.78, 5) is 28.7. The Bertz CT molecular complexity index is 945. The molecule has 1 unspecified atom stereocenters. The van der Waals surface area contributed by atoms with E-state index in [0.29, 0.717) is 24.1 Å². The van der Waals surface area contributed by atoms with Gasteiger partial charge in [-0.25, -0.2) is 9.50 Å². The number of primary amides is 1. The predicted octanol–water partition coefficient (Wildman–Crippen LogP) is 1.99. The molecule has 2 fully saturated rings. The molecule has 1 spiro atoms. The first-order valence-electron chi connectivity index (χ1n) is 10.5. The third-order valence-electron chi connectivity index (χ3n) is 6.45. The third-order valence-corrected chi connectivity index (χ3v) is 6.45. The zero-order valence-electron chi connectivity index (χ0n) is 17.2. The Morgan fingerprint density at radius 3 is 2.83 bits per heavy atom. The lowest BCUT2D eigenvalue weighted by Gasteiger charge is -2.38. The van der Waals surface area contributed by atoms with E-state index in [1.54, 1.807) is 4.52 Å². The summed E-state index contributed by atoms with van der Waals surface area (Å²) in [6.45, 7) is 4.54. The summed E-state index contributed by atoms with van der Waals surface area (Å²) in [7, 11) is 0. The van der Waals surface area contributed by atoms with Crippen molar-refractivity contribution in [3.63, 3.8) is 0 Å². The minimum absolute atomic E-state index is 0.00342. The Balaban J connectivity index is 1.41. The van der Waals surface area contributed by atoms with Gasteiger partial charge in [-0.1, -0.05) is 12.8 Å². The van der Waals surface area contributed by atoms with Crippen LogP contribution in [0.3, 0.4) is 0 Å². The average molecular weight is 399 g/mol. The highest BCUT2D eigenvalue weighted by atomic mass is 16.5. The number of nitrogens with zero attached hydrogens (tertiary/aromatic N) is 3. The largest absolute Gasteiger partial charge is 0.375 e. The third kappa shape index (κ3) is 3.85. The first-order chi connectivity index (χ1) is 13.9. The van der Waals surface area contributed by atoms with Crippen LogP contribution in [0.1, 0.15) is 72.3 Å². The van der Waals surface area contributed by atoms with E-state index in [1.807, 2.05) is 13.8 Å². The van der Waals surface area contributed by atoms with E-state index >= 15 is 0 Å². The maximum Gasteiger partial charge on any atom is 0.254 e. The molecule has 156 valence electrons. The summed E-state index contributed by atoms with van der Waals surface area (Å²) in [5, 5.41) is 7.45. The van der Waals surface area contributed by atoms with Crippen LogP contribution in [0.25, 0.3) is 5.65 Å². The molecule has 2 aliphatic rings. The van der Waals surface area contributed by atoms with Crippen LogP contribution in [0, 0.1) is 13.8 Å². The normalized spacial score (nSPS) is 21.0. The Labute approximate surface area is 170 Å². The highest BCUT2D eigenvalue weighted by Gasteiger charge is 2.40. The van der Waals surface area contributed by atoms with Gasteiger partial charge in [-0.05, 0) is 51.5 Å². The molecule has 3 heterocycles. The number of hydrogen-bond acceptors (Lipinski definition) is 5. The van der Waals surface area contributed by atoms with E-state index in [-0.39, 0.29) is 17.6 Å². The first kappa shape index (κ1) is 19.8. The lowest BCUT2D eigenvalue weighted by atomic mass is 9.89. The number of fused-ring (bicyclic) bond motifs is 1. The fourth-order valence-electron chi connectivity index (χ4n) is 4.90. The van der Waals surface area contributed by atoms with Crippen molar-refractivity contribution in [2.24, 2.45) is 5.73 Å². The van der Waals surface area contributed by atoms with Crippen LogP contribution < -0.4 is 11.1 Å². The van der Waals surface area contributed by atoms with E-state index in [9.17, 15) is 9.59 Å². The molecule has 3 N–H and O–H groups in total. The number of ether oxygens (including phenoxy) is 1. The quantitative estimate of drug-likeness (QED) is 0.799. The van der Waals surface area contributed by atoms with E-state index in [4.69, 9.17) is 10.5 Å². The maximum absolute atomic E-state index is 12.6. The monoisotopic (exact) mass is 399 g/mol. The molecule has 1 atom stereocenters. The summed E-state index contributed by atoms with van der Waals surface area (Å²) in [6.07, 6.45) is 8.88. The Hall–Kier alpha value is -2.48. The molecule has 8 heteroatoms. The molecule has 2 aromatic heterocycles. The average Bonchev–Trinajstić information content (AvgIpc) is 3.29. The summed E-state index contributed by atoms with van der Waals surface area (Å²) in [6, 6.07) is 0.196. The van der Waals surface area contributed by atoms with E-state index in [1.165, 1.54) is 19.0 Å². The van der Waals surface area contributed by atoms with Gasteiger partial charge >= 0.3 is 0 Å². The van der Waals surface area contributed by atoms with Crippen molar-refractivity contribution in [2.45, 2.75) is 76.9 Å². The molecule has 1 aliphatic carbocycles. The molecular weight excluding hydrogens is 370 g/mol. The zero-order chi connectivity index (χ0) is 20.6. The number of nitrogens with two attached hydrogens (primary N) is 1. The number of rotatable bonds is 5. The lowest BCUT2D eigenvalue weighted by molar-refractivity contribution is -0.125. The van der Waals surface area contributed by atoms with Gasteiger partial charge in [0.05, 0.1) is 11.8 Å². The fourth-order valence-corrected chi connectivity index (χ4v) is 4.90. The van der Waals surface area contributed by atoms with Gasteiger partial charge in [-0.3, -0.25) is 9.59 Å².